The van der Waals surface area contributed by atoms with Crippen LogP contribution in [0.4, 0.5) is 4.79 Å². The molecule has 1 amide bonds. The van der Waals surface area contributed by atoms with Crippen molar-refractivity contribution in [2.45, 2.75) is 72.4 Å². The average Bonchev–Trinajstić information content (AvgIpc) is 2.60. The summed E-state index contributed by atoms with van der Waals surface area (Å²) in [6.07, 6.45) is 0.0571. The Labute approximate surface area is 153 Å². The van der Waals surface area contributed by atoms with E-state index in [9.17, 15) is 4.79 Å². The quantitative estimate of drug-likeness (QED) is 0.813. The first kappa shape index (κ1) is 24.1. The molecule has 0 aromatic rings. The third kappa shape index (κ3) is 8.35. The highest BCUT2D eigenvalue weighted by Gasteiger charge is 2.43. The van der Waals surface area contributed by atoms with Crippen molar-refractivity contribution in [1.82, 2.24) is 4.90 Å². The van der Waals surface area contributed by atoms with E-state index in [-0.39, 0.29) is 12.4 Å². The van der Waals surface area contributed by atoms with Gasteiger partial charge in [0.15, 0.2) is 6.29 Å². The molecule has 2 aliphatic heterocycles. The zero-order valence-electron chi connectivity index (χ0n) is 17.1. The van der Waals surface area contributed by atoms with Crippen LogP contribution in [0.25, 0.3) is 0 Å². The Morgan fingerprint density at radius 2 is 1.76 bits per heavy atom. The fourth-order valence-corrected chi connectivity index (χ4v) is 2.38. The highest BCUT2D eigenvalue weighted by Crippen LogP contribution is 2.26. The number of carbonyl (C=O) groups excluding carboxylic acids is 1. The molecule has 7 nitrogen and oxygen atoms in total. The predicted octanol–water partition coefficient (Wildman–Crippen LogP) is 2.77. The number of nitrogens with two attached hydrogens (primary N) is 1. The van der Waals surface area contributed by atoms with Crippen LogP contribution < -0.4 is 5.73 Å². The Kier molecular flexibility index (Phi) is 11.3. The van der Waals surface area contributed by atoms with Crippen LogP contribution in [0.5, 0.6) is 0 Å². The van der Waals surface area contributed by atoms with Gasteiger partial charge in [0.25, 0.3) is 0 Å². The SMILES string of the molecule is CC.CC.CC(C)(C)OC(=O)N1CCOC2(COC(CCN)OC2)C1. The summed E-state index contributed by atoms with van der Waals surface area (Å²) in [5.74, 6) is 0. The molecule has 0 aliphatic carbocycles. The van der Waals surface area contributed by atoms with Crippen LogP contribution >= 0.6 is 0 Å². The van der Waals surface area contributed by atoms with E-state index in [0.29, 0.717) is 45.9 Å². The molecule has 2 fully saturated rings. The van der Waals surface area contributed by atoms with Gasteiger partial charge < -0.3 is 29.6 Å². The Balaban J connectivity index is 0.00000134. The summed E-state index contributed by atoms with van der Waals surface area (Å²) in [6, 6.07) is 0. The largest absolute Gasteiger partial charge is 0.444 e. The molecule has 0 aromatic carbocycles. The number of morpholine rings is 1. The van der Waals surface area contributed by atoms with Gasteiger partial charge >= 0.3 is 6.09 Å². The highest BCUT2D eigenvalue weighted by molar-refractivity contribution is 5.68. The van der Waals surface area contributed by atoms with Crippen molar-refractivity contribution in [1.29, 1.82) is 0 Å². The first-order valence-corrected chi connectivity index (χ1v) is 9.39. The second-order valence-corrected chi connectivity index (χ2v) is 6.56. The van der Waals surface area contributed by atoms with E-state index in [2.05, 4.69) is 0 Å². The lowest BCUT2D eigenvalue weighted by Gasteiger charge is -2.45. The molecule has 0 unspecified atom stereocenters. The molecule has 0 saturated carbocycles. The van der Waals surface area contributed by atoms with Crippen molar-refractivity contribution in [3.8, 4) is 0 Å². The maximum atomic E-state index is 12.2. The van der Waals surface area contributed by atoms with Gasteiger partial charge in [-0.15, -0.1) is 0 Å². The van der Waals surface area contributed by atoms with Gasteiger partial charge in [0.2, 0.25) is 0 Å². The number of nitrogens with zero attached hydrogens (tertiary/aromatic N) is 1. The topological polar surface area (TPSA) is 83.2 Å². The van der Waals surface area contributed by atoms with Crippen LogP contribution in [-0.2, 0) is 18.9 Å². The predicted molar refractivity (Wildman–Crippen MR) is 98.5 cm³/mol. The molecule has 25 heavy (non-hydrogen) atoms. The lowest BCUT2D eigenvalue weighted by atomic mass is 10.0. The van der Waals surface area contributed by atoms with E-state index < -0.39 is 11.2 Å². The lowest BCUT2D eigenvalue weighted by Crippen LogP contribution is -2.61. The second kappa shape index (κ2) is 11.7. The van der Waals surface area contributed by atoms with Gasteiger partial charge in [0.1, 0.15) is 11.2 Å². The fraction of sp³-hybridized carbons (Fsp3) is 0.944. The van der Waals surface area contributed by atoms with Crippen molar-refractivity contribution in [2.75, 3.05) is 39.5 Å². The summed E-state index contributed by atoms with van der Waals surface area (Å²) in [7, 11) is 0. The fourth-order valence-electron chi connectivity index (χ4n) is 2.38. The van der Waals surface area contributed by atoms with Crippen LogP contribution in [-0.4, -0.2) is 67.9 Å². The summed E-state index contributed by atoms with van der Waals surface area (Å²) in [5.41, 5.74) is 4.39. The van der Waals surface area contributed by atoms with Gasteiger partial charge in [0.05, 0.1) is 26.4 Å². The minimum Gasteiger partial charge on any atom is -0.444 e. The van der Waals surface area contributed by atoms with Gasteiger partial charge in [-0.25, -0.2) is 4.79 Å². The zero-order chi connectivity index (χ0) is 19.5. The van der Waals surface area contributed by atoms with Crippen molar-refractivity contribution in [3.63, 3.8) is 0 Å². The summed E-state index contributed by atoms with van der Waals surface area (Å²) >= 11 is 0. The molecular formula is C18H38N2O5. The molecule has 0 aromatic heterocycles. The monoisotopic (exact) mass is 362 g/mol. The van der Waals surface area contributed by atoms with Crippen molar-refractivity contribution in [2.24, 2.45) is 5.73 Å². The van der Waals surface area contributed by atoms with Crippen LogP contribution in [0, 0.1) is 0 Å². The summed E-state index contributed by atoms with van der Waals surface area (Å²) in [5, 5.41) is 0. The van der Waals surface area contributed by atoms with Crippen LogP contribution in [0.15, 0.2) is 0 Å². The van der Waals surface area contributed by atoms with Gasteiger partial charge in [-0.2, -0.15) is 0 Å². The molecular weight excluding hydrogens is 324 g/mol. The molecule has 2 aliphatic rings. The molecule has 0 bridgehead atoms. The minimum atomic E-state index is -0.597. The molecule has 7 heteroatoms. The number of rotatable bonds is 2. The third-order valence-electron chi connectivity index (χ3n) is 3.37. The molecule has 150 valence electrons. The summed E-state index contributed by atoms with van der Waals surface area (Å²) < 4.78 is 22.5. The van der Waals surface area contributed by atoms with Crippen molar-refractivity contribution in [3.05, 3.63) is 0 Å². The Hall–Kier alpha value is -0.890. The number of hydrogen-bond acceptors (Lipinski definition) is 6. The minimum absolute atomic E-state index is 0.277. The first-order chi connectivity index (χ1) is 11.8. The van der Waals surface area contributed by atoms with E-state index in [4.69, 9.17) is 24.7 Å². The number of ether oxygens (including phenoxy) is 4. The molecule has 0 radical (unpaired) electrons. The summed E-state index contributed by atoms with van der Waals surface area (Å²) in [4.78, 5) is 13.8. The highest BCUT2D eigenvalue weighted by atomic mass is 16.7. The molecule has 0 atom stereocenters. The van der Waals surface area contributed by atoms with Gasteiger partial charge in [-0.3, -0.25) is 0 Å². The van der Waals surface area contributed by atoms with Gasteiger partial charge in [-0.1, -0.05) is 27.7 Å². The third-order valence-corrected chi connectivity index (χ3v) is 3.37. The van der Waals surface area contributed by atoms with E-state index in [1.807, 2.05) is 48.5 Å². The smallest absolute Gasteiger partial charge is 0.410 e. The molecule has 1 spiro atoms. The summed E-state index contributed by atoms with van der Waals surface area (Å²) in [6.45, 7) is 16.3. The van der Waals surface area contributed by atoms with E-state index in [1.165, 1.54) is 0 Å². The Morgan fingerprint density at radius 1 is 1.20 bits per heavy atom. The molecule has 2 rings (SSSR count). The van der Waals surface area contributed by atoms with Crippen LogP contribution in [0.3, 0.4) is 0 Å². The molecule has 2 N–H and O–H groups in total. The average molecular weight is 363 g/mol. The zero-order valence-corrected chi connectivity index (χ0v) is 17.1. The van der Waals surface area contributed by atoms with E-state index in [0.717, 1.165) is 0 Å². The Morgan fingerprint density at radius 3 is 2.24 bits per heavy atom. The van der Waals surface area contributed by atoms with Crippen molar-refractivity contribution >= 4 is 6.09 Å². The first-order valence-electron chi connectivity index (χ1n) is 9.39. The Bertz CT molecular complexity index is 363. The van der Waals surface area contributed by atoms with Crippen molar-refractivity contribution < 1.29 is 23.7 Å². The normalized spacial score (nSPS) is 26.1. The van der Waals surface area contributed by atoms with Crippen LogP contribution in [0.1, 0.15) is 54.9 Å². The lowest BCUT2D eigenvalue weighted by molar-refractivity contribution is -0.278. The molecule has 2 saturated heterocycles. The number of hydrogen-bond donors (Lipinski definition) is 1. The maximum Gasteiger partial charge on any atom is 0.410 e. The number of carbonyl (C=O) groups is 1. The van der Waals surface area contributed by atoms with E-state index >= 15 is 0 Å². The number of amides is 1. The van der Waals surface area contributed by atoms with Crippen LogP contribution in [0.2, 0.25) is 0 Å². The van der Waals surface area contributed by atoms with Gasteiger partial charge in [-0.05, 0) is 27.3 Å². The van der Waals surface area contributed by atoms with E-state index in [1.54, 1.807) is 4.90 Å². The molecule has 2 heterocycles. The second-order valence-electron chi connectivity index (χ2n) is 6.56. The van der Waals surface area contributed by atoms with Gasteiger partial charge in [0, 0.05) is 13.0 Å². The standard InChI is InChI=1S/C14H26N2O5.2C2H6/c1-13(2,3)21-12(17)16-6-7-20-14(8-16)9-18-11(4-5-15)19-10-14;2*1-2/h11H,4-10,15H2,1-3H3;2*1-2H3. The maximum absolute atomic E-state index is 12.2.